The van der Waals surface area contributed by atoms with E-state index in [4.69, 9.17) is 18.9 Å². The summed E-state index contributed by atoms with van der Waals surface area (Å²) >= 11 is 0. The molecule has 49 heavy (non-hydrogen) atoms. The van der Waals surface area contributed by atoms with E-state index >= 15 is 0 Å². The Bertz CT molecular complexity index is 1220. The van der Waals surface area contributed by atoms with Crippen molar-refractivity contribution in [2.75, 3.05) is 38.2 Å². The van der Waals surface area contributed by atoms with Gasteiger partial charge in [-0.3, -0.25) is 4.79 Å². The summed E-state index contributed by atoms with van der Waals surface area (Å²) in [6.07, 6.45) is 19.1. The molecule has 5 rings (SSSR count). The van der Waals surface area contributed by atoms with Crippen molar-refractivity contribution < 1.29 is 28.8 Å². The summed E-state index contributed by atoms with van der Waals surface area (Å²) in [6, 6.07) is 15.9. The quantitative estimate of drug-likeness (QED) is 0.135. The number of carbonyl (C=O) groups is 1. The van der Waals surface area contributed by atoms with Gasteiger partial charge in [-0.25, -0.2) is 0 Å². The van der Waals surface area contributed by atoms with E-state index in [0.717, 1.165) is 74.1 Å². The molecule has 3 aliphatic rings. The Kier molecular flexibility index (Phi) is 15.9. The Morgan fingerprint density at radius 3 is 2.08 bits per heavy atom. The minimum Gasteiger partial charge on any atom is -0.392 e. The molecule has 2 aromatic carbocycles. The monoisotopic (exact) mass is 678 g/mol. The van der Waals surface area contributed by atoms with E-state index in [2.05, 4.69) is 17.1 Å². The van der Waals surface area contributed by atoms with Gasteiger partial charge >= 0.3 is 0 Å². The largest absolute Gasteiger partial charge is 0.392 e. The number of nitrogens with zero attached hydrogens (tertiary/aromatic N) is 1. The average molecular weight is 679 g/mol. The van der Waals surface area contributed by atoms with E-state index in [9.17, 15) is 9.90 Å². The lowest BCUT2D eigenvalue weighted by Gasteiger charge is -2.41. The second-order valence-electron chi connectivity index (χ2n) is 14.4. The van der Waals surface area contributed by atoms with Gasteiger partial charge < -0.3 is 34.3 Å². The number of hydrogen-bond acceptors (Lipinski definition) is 7. The van der Waals surface area contributed by atoms with Crippen LogP contribution in [-0.2, 0) is 30.3 Å². The first-order valence-corrected chi connectivity index (χ1v) is 19.5. The molecule has 3 saturated heterocycles. The third-order valence-electron chi connectivity index (χ3n) is 10.5. The first kappa shape index (κ1) is 37.9. The van der Waals surface area contributed by atoms with E-state index in [0.29, 0.717) is 19.6 Å². The Labute approximate surface area is 295 Å². The number of unbranched alkanes of at least 4 members (excludes halogenated alkanes) is 12. The van der Waals surface area contributed by atoms with Gasteiger partial charge in [0, 0.05) is 56.6 Å². The predicted molar refractivity (Wildman–Crippen MR) is 194 cm³/mol. The molecule has 0 radical (unpaired) electrons. The minimum atomic E-state index is -0.559. The van der Waals surface area contributed by atoms with Crippen LogP contribution in [0.25, 0.3) is 0 Å². The number of benzene rings is 2. The van der Waals surface area contributed by atoms with Crippen molar-refractivity contribution in [1.29, 1.82) is 0 Å². The normalized spacial score (nSPS) is 22.4. The van der Waals surface area contributed by atoms with Gasteiger partial charge in [0.2, 0.25) is 5.91 Å². The van der Waals surface area contributed by atoms with Crippen molar-refractivity contribution in [3.05, 3.63) is 65.2 Å². The lowest BCUT2D eigenvalue weighted by Crippen LogP contribution is -2.48. The van der Waals surface area contributed by atoms with Crippen LogP contribution in [0.4, 0.5) is 5.69 Å². The highest BCUT2D eigenvalue weighted by Crippen LogP contribution is 2.39. The number of nitrogens with one attached hydrogen (secondary N) is 1. The molecule has 1 unspecified atom stereocenters. The summed E-state index contributed by atoms with van der Waals surface area (Å²) in [4.78, 5) is 15.3. The number of aliphatic hydroxyl groups is 1. The van der Waals surface area contributed by atoms with Gasteiger partial charge in [-0.05, 0) is 29.7 Å². The van der Waals surface area contributed by atoms with Gasteiger partial charge in [0.25, 0.3) is 0 Å². The number of piperidine rings is 1. The second kappa shape index (κ2) is 20.5. The standard InChI is InChI=1S/C41H62N2O6/c1-2-3-4-5-6-7-8-9-10-11-12-13-14-18-39(45)42-36-17-15-16-35(29-36)40-48-37(30-38(49-40)34-21-19-33(32-44)20-22-34)31-43-25-23-41(24-26-43)46-27-28-47-41/h15-17,19-22,29,37-38,40,44H,2-14,18,23-28,30-32H2,1H3,(H,42,45)/t37-,38+,40?/m0/s1. The van der Waals surface area contributed by atoms with Crippen LogP contribution in [0.3, 0.4) is 0 Å². The van der Waals surface area contributed by atoms with Crippen LogP contribution in [0.2, 0.25) is 0 Å². The van der Waals surface area contributed by atoms with Crippen molar-refractivity contribution in [1.82, 2.24) is 4.90 Å². The molecular formula is C41H62N2O6. The molecule has 0 aliphatic carbocycles. The summed E-state index contributed by atoms with van der Waals surface area (Å²) in [5, 5.41) is 12.7. The van der Waals surface area contributed by atoms with Gasteiger partial charge in [-0.15, -0.1) is 0 Å². The first-order chi connectivity index (χ1) is 24.1. The highest BCUT2D eigenvalue weighted by molar-refractivity contribution is 5.90. The van der Waals surface area contributed by atoms with Crippen LogP contribution in [0.15, 0.2) is 48.5 Å². The Morgan fingerprint density at radius 2 is 1.45 bits per heavy atom. The van der Waals surface area contributed by atoms with Gasteiger partial charge in [-0.2, -0.15) is 0 Å². The molecule has 8 nitrogen and oxygen atoms in total. The van der Waals surface area contributed by atoms with Crippen LogP contribution >= 0.6 is 0 Å². The molecule has 0 bridgehead atoms. The maximum absolute atomic E-state index is 12.8. The number of carbonyl (C=O) groups excluding carboxylic acids is 1. The van der Waals surface area contributed by atoms with Crippen LogP contribution in [0, 0.1) is 0 Å². The Balaban J connectivity index is 1.07. The van der Waals surface area contributed by atoms with Crippen LogP contribution in [0.1, 0.15) is 145 Å². The lowest BCUT2D eigenvalue weighted by molar-refractivity contribution is -0.255. The number of aliphatic hydroxyl groups excluding tert-OH is 1. The predicted octanol–water partition coefficient (Wildman–Crippen LogP) is 8.98. The summed E-state index contributed by atoms with van der Waals surface area (Å²) in [7, 11) is 0. The lowest BCUT2D eigenvalue weighted by atomic mass is 9.98. The maximum Gasteiger partial charge on any atom is 0.224 e. The molecule has 2 aromatic rings. The summed E-state index contributed by atoms with van der Waals surface area (Å²) < 4.78 is 25.1. The molecule has 3 fully saturated rings. The SMILES string of the molecule is CCCCCCCCCCCCCCCC(=O)Nc1cccc(C2O[C@H](CN3CCC4(CC3)OCCO4)C[C@H](c3ccc(CO)cc3)O2)c1. The van der Waals surface area contributed by atoms with Crippen LogP contribution in [0.5, 0.6) is 0 Å². The third kappa shape index (κ3) is 12.4. The summed E-state index contributed by atoms with van der Waals surface area (Å²) in [5.74, 6) is -0.340. The summed E-state index contributed by atoms with van der Waals surface area (Å²) in [6.45, 7) is 6.26. The highest BCUT2D eigenvalue weighted by Gasteiger charge is 2.41. The zero-order chi connectivity index (χ0) is 34.2. The zero-order valence-electron chi connectivity index (χ0n) is 30.0. The molecule has 0 aromatic heterocycles. The van der Waals surface area contributed by atoms with E-state index < -0.39 is 12.1 Å². The topological polar surface area (TPSA) is 89.5 Å². The molecule has 1 spiro atoms. The first-order valence-electron chi connectivity index (χ1n) is 19.5. The molecule has 0 saturated carbocycles. The van der Waals surface area contributed by atoms with Crippen LogP contribution < -0.4 is 5.32 Å². The van der Waals surface area contributed by atoms with E-state index in [1.165, 1.54) is 70.6 Å². The number of rotatable bonds is 20. The van der Waals surface area contributed by atoms with E-state index in [1.54, 1.807) is 0 Å². The fourth-order valence-electron chi connectivity index (χ4n) is 7.47. The van der Waals surface area contributed by atoms with Gasteiger partial charge in [-0.1, -0.05) is 120 Å². The molecule has 2 N–H and O–H groups in total. The van der Waals surface area contributed by atoms with Gasteiger partial charge in [0.15, 0.2) is 12.1 Å². The Hall–Kier alpha value is -2.33. The molecular weight excluding hydrogens is 616 g/mol. The van der Waals surface area contributed by atoms with E-state index in [-0.39, 0.29) is 24.7 Å². The maximum atomic E-state index is 12.8. The fraction of sp³-hybridized carbons (Fsp3) is 0.683. The molecule has 1 amide bonds. The zero-order valence-corrected chi connectivity index (χ0v) is 30.0. The number of anilines is 1. The van der Waals surface area contributed by atoms with Crippen molar-refractivity contribution in [2.45, 2.75) is 147 Å². The van der Waals surface area contributed by atoms with Gasteiger partial charge in [0.05, 0.1) is 32.0 Å². The molecule has 8 heteroatoms. The van der Waals surface area contributed by atoms with Crippen LogP contribution in [-0.4, -0.2) is 60.7 Å². The van der Waals surface area contributed by atoms with Gasteiger partial charge in [0.1, 0.15) is 0 Å². The second-order valence-corrected chi connectivity index (χ2v) is 14.4. The fourth-order valence-corrected chi connectivity index (χ4v) is 7.47. The van der Waals surface area contributed by atoms with Crippen molar-refractivity contribution in [3.63, 3.8) is 0 Å². The van der Waals surface area contributed by atoms with Crippen molar-refractivity contribution in [2.24, 2.45) is 0 Å². The molecule has 3 aliphatic heterocycles. The molecule has 272 valence electrons. The average Bonchev–Trinajstić information content (AvgIpc) is 3.59. The minimum absolute atomic E-state index is 0.0158. The molecule has 3 atom stereocenters. The van der Waals surface area contributed by atoms with Crippen molar-refractivity contribution >= 4 is 11.6 Å². The highest BCUT2D eigenvalue weighted by atomic mass is 16.7. The summed E-state index contributed by atoms with van der Waals surface area (Å²) in [5.41, 5.74) is 3.62. The number of amides is 1. The number of hydrogen-bond donors (Lipinski definition) is 2. The molecule has 3 heterocycles. The number of likely N-dealkylation sites (tertiary alicyclic amines) is 1. The van der Waals surface area contributed by atoms with E-state index in [1.807, 2.05) is 48.5 Å². The smallest absolute Gasteiger partial charge is 0.224 e. The third-order valence-corrected chi connectivity index (χ3v) is 10.5. The van der Waals surface area contributed by atoms with Crippen molar-refractivity contribution in [3.8, 4) is 0 Å². The Morgan fingerprint density at radius 1 is 0.816 bits per heavy atom. The number of ether oxygens (including phenoxy) is 4.